The fraction of sp³-hybridized carbons (Fsp3) is 0.360. The number of methoxy groups -OCH3 is 1. The van der Waals surface area contributed by atoms with E-state index in [0.29, 0.717) is 39.5 Å². The standard InChI is InChI=1S/C25H29Cl2N5O3S/c1-6-32-23(22(14(2)3)29-24(34)17-9-8-16(26)12-18(17)27)30-31-25(32)36-13-21(33)28-19-11-15(4)7-10-20(19)35-5/h7-12,14,22H,6,13H2,1-5H3,(H,28,33)(H,29,34)/t22-/m0/s1. The molecule has 3 rings (SSSR count). The van der Waals surface area contributed by atoms with Crippen LogP contribution in [0.4, 0.5) is 5.69 Å². The van der Waals surface area contributed by atoms with E-state index in [-0.39, 0.29) is 28.5 Å². The molecule has 0 aliphatic heterocycles. The molecular weight excluding hydrogens is 521 g/mol. The lowest BCUT2D eigenvalue weighted by molar-refractivity contribution is -0.113. The van der Waals surface area contributed by atoms with E-state index in [9.17, 15) is 9.59 Å². The van der Waals surface area contributed by atoms with E-state index < -0.39 is 6.04 Å². The van der Waals surface area contributed by atoms with Crippen LogP contribution in [0.3, 0.4) is 0 Å². The normalized spacial score (nSPS) is 11.9. The highest BCUT2D eigenvalue weighted by atomic mass is 35.5. The molecule has 3 aromatic rings. The molecular formula is C25H29Cl2N5O3S. The zero-order valence-electron chi connectivity index (χ0n) is 20.8. The molecule has 0 fully saturated rings. The molecule has 0 saturated carbocycles. The van der Waals surface area contributed by atoms with E-state index in [0.717, 1.165) is 5.56 Å². The van der Waals surface area contributed by atoms with E-state index in [1.807, 2.05) is 50.5 Å². The van der Waals surface area contributed by atoms with Crippen LogP contribution in [0.25, 0.3) is 0 Å². The van der Waals surface area contributed by atoms with Gasteiger partial charge in [-0.2, -0.15) is 0 Å². The van der Waals surface area contributed by atoms with Crippen molar-refractivity contribution in [3.8, 4) is 5.75 Å². The number of carbonyl (C=O) groups excluding carboxylic acids is 2. The van der Waals surface area contributed by atoms with Crippen LogP contribution in [0.1, 0.15) is 48.6 Å². The van der Waals surface area contributed by atoms with Crippen molar-refractivity contribution in [2.75, 3.05) is 18.2 Å². The molecule has 0 aliphatic carbocycles. The molecule has 0 unspecified atom stereocenters. The maximum absolute atomic E-state index is 13.0. The number of nitrogens with zero attached hydrogens (tertiary/aromatic N) is 3. The van der Waals surface area contributed by atoms with E-state index in [1.165, 1.54) is 17.8 Å². The van der Waals surface area contributed by atoms with Crippen molar-refractivity contribution in [2.45, 2.75) is 45.4 Å². The summed E-state index contributed by atoms with van der Waals surface area (Å²) in [6, 6.07) is 9.91. The average molecular weight is 551 g/mol. The van der Waals surface area contributed by atoms with Gasteiger partial charge in [0.05, 0.1) is 35.2 Å². The Kier molecular flexibility index (Phi) is 9.64. The van der Waals surface area contributed by atoms with Gasteiger partial charge in [0.2, 0.25) is 5.91 Å². The third kappa shape index (κ3) is 6.72. The highest BCUT2D eigenvalue weighted by Crippen LogP contribution is 2.28. The van der Waals surface area contributed by atoms with Gasteiger partial charge in [-0.25, -0.2) is 0 Å². The summed E-state index contributed by atoms with van der Waals surface area (Å²) in [7, 11) is 1.56. The van der Waals surface area contributed by atoms with Gasteiger partial charge in [-0.1, -0.05) is 54.9 Å². The SMILES string of the molecule is CCn1c(SCC(=O)Nc2cc(C)ccc2OC)nnc1[C@@H](NC(=O)c1ccc(Cl)cc1Cl)C(C)C. The first-order chi connectivity index (χ1) is 17.1. The van der Waals surface area contributed by atoms with Gasteiger partial charge in [-0.15, -0.1) is 10.2 Å². The topological polar surface area (TPSA) is 98.1 Å². The number of rotatable bonds is 10. The van der Waals surface area contributed by atoms with Crippen LogP contribution in [0, 0.1) is 12.8 Å². The van der Waals surface area contributed by atoms with Gasteiger partial charge < -0.3 is 19.9 Å². The van der Waals surface area contributed by atoms with Gasteiger partial charge in [0, 0.05) is 11.6 Å². The number of amides is 2. The number of hydrogen-bond acceptors (Lipinski definition) is 6. The monoisotopic (exact) mass is 549 g/mol. The largest absolute Gasteiger partial charge is 0.495 e. The molecule has 2 aromatic carbocycles. The van der Waals surface area contributed by atoms with Gasteiger partial charge in [0.25, 0.3) is 5.91 Å². The molecule has 8 nitrogen and oxygen atoms in total. The third-order valence-electron chi connectivity index (χ3n) is 5.43. The predicted octanol–water partition coefficient (Wildman–Crippen LogP) is 5.78. The number of aryl methyl sites for hydroxylation is 1. The van der Waals surface area contributed by atoms with Gasteiger partial charge in [-0.05, 0) is 55.7 Å². The van der Waals surface area contributed by atoms with Crippen LogP contribution in [0.5, 0.6) is 5.75 Å². The van der Waals surface area contributed by atoms with Gasteiger partial charge in [0.15, 0.2) is 11.0 Å². The summed E-state index contributed by atoms with van der Waals surface area (Å²) in [6.45, 7) is 8.44. The summed E-state index contributed by atoms with van der Waals surface area (Å²) < 4.78 is 7.23. The number of nitrogens with one attached hydrogen (secondary N) is 2. The molecule has 1 aromatic heterocycles. The van der Waals surface area contributed by atoms with Gasteiger partial charge >= 0.3 is 0 Å². The van der Waals surface area contributed by atoms with Gasteiger partial charge in [0.1, 0.15) is 5.75 Å². The first kappa shape index (κ1) is 27.8. The maximum atomic E-state index is 13.0. The Balaban J connectivity index is 1.74. The number of ether oxygens (including phenoxy) is 1. The maximum Gasteiger partial charge on any atom is 0.253 e. The Morgan fingerprint density at radius 3 is 2.53 bits per heavy atom. The number of carbonyl (C=O) groups is 2. The number of halogens is 2. The number of thioether (sulfide) groups is 1. The van der Waals surface area contributed by atoms with E-state index >= 15 is 0 Å². The van der Waals surface area contributed by atoms with Crippen molar-refractivity contribution in [1.29, 1.82) is 0 Å². The minimum absolute atomic E-state index is 0.0180. The van der Waals surface area contributed by atoms with E-state index in [4.69, 9.17) is 27.9 Å². The lowest BCUT2D eigenvalue weighted by Crippen LogP contribution is -2.34. The smallest absolute Gasteiger partial charge is 0.253 e. The van der Waals surface area contributed by atoms with Crippen LogP contribution in [-0.2, 0) is 11.3 Å². The zero-order valence-corrected chi connectivity index (χ0v) is 23.1. The lowest BCUT2D eigenvalue weighted by Gasteiger charge is -2.22. The summed E-state index contributed by atoms with van der Waals surface area (Å²) in [5.74, 6) is 0.825. The van der Waals surface area contributed by atoms with Crippen molar-refractivity contribution < 1.29 is 14.3 Å². The fourth-order valence-electron chi connectivity index (χ4n) is 3.59. The Hall–Kier alpha value is -2.75. The molecule has 0 spiro atoms. The molecule has 0 aliphatic rings. The van der Waals surface area contributed by atoms with Crippen LogP contribution >= 0.6 is 35.0 Å². The van der Waals surface area contributed by atoms with E-state index in [1.54, 1.807) is 19.2 Å². The summed E-state index contributed by atoms with van der Waals surface area (Å²) >= 11 is 13.5. The highest BCUT2D eigenvalue weighted by Gasteiger charge is 2.27. The minimum Gasteiger partial charge on any atom is -0.495 e. The summed E-state index contributed by atoms with van der Waals surface area (Å²) in [4.78, 5) is 25.6. The Labute approximate surface area is 225 Å². The zero-order chi connectivity index (χ0) is 26.4. The summed E-state index contributed by atoms with van der Waals surface area (Å²) in [5, 5.41) is 15.9. The summed E-state index contributed by atoms with van der Waals surface area (Å²) in [6.07, 6.45) is 0. The number of hydrogen-bond donors (Lipinski definition) is 2. The van der Waals surface area contributed by atoms with Crippen molar-refractivity contribution in [3.05, 3.63) is 63.4 Å². The van der Waals surface area contributed by atoms with E-state index in [2.05, 4.69) is 20.8 Å². The molecule has 2 N–H and O–H groups in total. The molecule has 1 atom stereocenters. The van der Waals surface area contributed by atoms with Crippen LogP contribution < -0.4 is 15.4 Å². The molecule has 2 amide bonds. The first-order valence-corrected chi connectivity index (χ1v) is 13.1. The second-order valence-corrected chi connectivity index (χ2v) is 10.2. The number of anilines is 1. The van der Waals surface area contributed by atoms with Crippen LogP contribution in [0.15, 0.2) is 41.6 Å². The Morgan fingerprint density at radius 2 is 1.89 bits per heavy atom. The first-order valence-electron chi connectivity index (χ1n) is 11.4. The molecule has 11 heteroatoms. The Bertz CT molecular complexity index is 1250. The Morgan fingerprint density at radius 1 is 1.14 bits per heavy atom. The van der Waals surface area contributed by atoms with Crippen molar-refractivity contribution in [3.63, 3.8) is 0 Å². The highest BCUT2D eigenvalue weighted by molar-refractivity contribution is 7.99. The quantitative estimate of drug-likeness (QED) is 0.311. The van der Waals surface area contributed by atoms with Crippen molar-refractivity contribution in [1.82, 2.24) is 20.1 Å². The second-order valence-electron chi connectivity index (χ2n) is 8.44. The summed E-state index contributed by atoms with van der Waals surface area (Å²) in [5.41, 5.74) is 1.95. The number of aromatic nitrogens is 3. The number of benzene rings is 2. The molecule has 1 heterocycles. The van der Waals surface area contributed by atoms with Crippen molar-refractivity contribution in [2.24, 2.45) is 5.92 Å². The third-order valence-corrected chi connectivity index (χ3v) is 6.94. The molecule has 0 saturated heterocycles. The lowest BCUT2D eigenvalue weighted by atomic mass is 10.0. The van der Waals surface area contributed by atoms with Gasteiger partial charge in [-0.3, -0.25) is 9.59 Å². The predicted molar refractivity (Wildman–Crippen MR) is 144 cm³/mol. The molecule has 0 radical (unpaired) electrons. The fourth-order valence-corrected chi connectivity index (χ4v) is 4.90. The van der Waals surface area contributed by atoms with Crippen LogP contribution in [-0.4, -0.2) is 39.4 Å². The molecule has 192 valence electrons. The molecule has 36 heavy (non-hydrogen) atoms. The minimum atomic E-state index is -0.420. The van der Waals surface area contributed by atoms with Crippen molar-refractivity contribution >= 4 is 52.5 Å². The second kappa shape index (κ2) is 12.5. The average Bonchev–Trinajstić information content (AvgIpc) is 3.23. The molecule has 0 bridgehead atoms. The van der Waals surface area contributed by atoms with Crippen LogP contribution in [0.2, 0.25) is 10.0 Å².